The molecule has 3 aromatic carbocycles. The third-order valence-electron chi connectivity index (χ3n) is 5.38. The summed E-state index contributed by atoms with van der Waals surface area (Å²) < 4.78 is 6.95. The van der Waals surface area contributed by atoms with Gasteiger partial charge in [-0.15, -0.1) is 0 Å². The Bertz CT molecular complexity index is 1080. The van der Waals surface area contributed by atoms with Crippen molar-refractivity contribution >= 4 is 39.2 Å². The first-order chi connectivity index (χ1) is 16.3. The van der Waals surface area contributed by atoms with E-state index in [1.54, 1.807) is 0 Å². The summed E-state index contributed by atoms with van der Waals surface area (Å²) >= 11 is 2.31. The first-order valence-corrected chi connectivity index (χ1v) is 12.2. The average Bonchev–Trinajstić information content (AvgIpc) is 2.84. The molecule has 0 amide bonds. The van der Waals surface area contributed by atoms with Gasteiger partial charge in [0.1, 0.15) is 6.73 Å². The second kappa shape index (κ2) is 12.6. The zero-order valence-corrected chi connectivity index (χ0v) is 20.7. The van der Waals surface area contributed by atoms with E-state index in [-0.39, 0.29) is 0 Å². The van der Waals surface area contributed by atoms with E-state index < -0.39 is 0 Å². The molecule has 2 N–H and O–H groups in total. The van der Waals surface area contributed by atoms with Crippen LogP contribution in [-0.2, 0) is 17.8 Å². The summed E-state index contributed by atoms with van der Waals surface area (Å²) in [6.07, 6.45) is 1.83. The molecule has 1 heterocycles. The van der Waals surface area contributed by atoms with Crippen molar-refractivity contribution in [2.75, 3.05) is 31.9 Å². The summed E-state index contributed by atoms with van der Waals surface area (Å²) in [5.74, 6) is 0. The molecule has 0 saturated carbocycles. The van der Waals surface area contributed by atoms with Crippen LogP contribution in [0.1, 0.15) is 11.1 Å². The van der Waals surface area contributed by atoms with Crippen LogP contribution in [0.15, 0.2) is 91.1 Å². The summed E-state index contributed by atoms with van der Waals surface area (Å²) in [6, 6.07) is 29.5. The molecule has 0 unspecified atom stereocenters. The Morgan fingerprint density at radius 3 is 2.21 bits per heavy atom. The predicted molar refractivity (Wildman–Crippen MR) is 144 cm³/mol. The van der Waals surface area contributed by atoms with Gasteiger partial charge in [0.15, 0.2) is 0 Å². The van der Waals surface area contributed by atoms with Crippen LogP contribution in [0.5, 0.6) is 0 Å². The van der Waals surface area contributed by atoms with Crippen LogP contribution in [0.3, 0.4) is 0 Å². The van der Waals surface area contributed by atoms with Gasteiger partial charge < -0.3 is 10.1 Å². The molecule has 4 aromatic rings. The number of ether oxygens (including phenoxy) is 1. The molecule has 0 bridgehead atoms. The molecule has 4 rings (SSSR count). The van der Waals surface area contributed by atoms with Crippen LogP contribution in [0.4, 0.5) is 5.69 Å². The van der Waals surface area contributed by atoms with Gasteiger partial charge >= 0.3 is 0 Å². The van der Waals surface area contributed by atoms with E-state index in [0.717, 1.165) is 42.8 Å². The molecular weight excluding hydrogens is 523 g/mol. The highest BCUT2D eigenvalue weighted by Crippen LogP contribution is 2.23. The van der Waals surface area contributed by atoms with Crippen molar-refractivity contribution in [1.29, 1.82) is 0 Å². The first kappa shape index (κ1) is 23.6. The number of aromatic nitrogens is 1. The Kier molecular flexibility index (Phi) is 9.06. The Balaban J connectivity index is 1.21. The number of benzene rings is 3. The summed E-state index contributed by atoms with van der Waals surface area (Å²) in [5, 5.41) is 7.86. The molecule has 170 valence electrons. The zero-order chi connectivity index (χ0) is 22.7. The Morgan fingerprint density at radius 2 is 1.52 bits per heavy atom. The highest BCUT2D eigenvalue weighted by molar-refractivity contribution is 14.1. The summed E-state index contributed by atoms with van der Waals surface area (Å²) in [5.41, 5.74) is 4.68. The van der Waals surface area contributed by atoms with Gasteiger partial charge in [-0.05, 0) is 58.0 Å². The molecular formula is C27H29IN4O. The van der Waals surface area contributed by atoms with Crippen molar-refractivity contribution < 1.29 is 4.74 Å². The highest BCUT2D eigenvalue weighted by atomic mass is 127. The number of fused-ring (bicyclic) bond motifs is 1. The van der Waals surface area contributed by atoms with E-state index in [2.05, 4.69) is 122 Å². The lowest BCUT2D eigenvalue weighted by Crippen LogP contribution is -2.32. The van der Waals surface area contributed by atoms with E-state index in [1.165, 1.54) is 14.7 Å². The monoisotopic (exact) mass is 552 g/mol. The van der Waals surface area contributed by atoms with Crippen molar-refractivity contribution in [3.8, 4) is 0 Å². The Hall–Kier alpha value is -2.52. The minimum Gasteiger partial charge on any atom is -0.362 e. The van der Waals surface area contributed by atoms with Gasteiger partial charge in [-0.25, -0.2) is 0 Å². The largest absolute Gasteiger partial charge is 0.362 e. The normalized spacial score (nSPS) is 11.2. The molecule has 0 saturated heterocycles. The van der Waals surface area contributed by atoms with Crippen molar-refractivity contribution in [3.63, 3.8) is 0 Å². The van der Waals surface area contributed by atoms with Gasteiger partial charge in [0.25, 0.3) is 0 Å². The summed E-state index contributed by atoms with van der Waals surface area (Å²) in [4.78, 5) is 6.90. The number of nitrogens with one attached hydrogen (secondary N) is 2. The van der Waals surface area contributed by atoms with Crippen LogP contribution < -0.4 is 10.6 Å². The molecule has 33 heavy (non-hydrogen) atoms. The van der Waals surface area contributed by atoms with Crippen LogP contribution in [0, 0.1) is 3.57 Å². The number of hydrogen-bond donors (Lipinski definition) is 2. The summed E-state index contributed by atoms with van der Waals surface area (Å²) in [6.45, 7) is 4.58. The molecule has 5 nitrogen and oxygen atoms in total. The SMILES string of the molecule is Ic1ccc2c(NCOCNCCN(Cc3ccccc3)Cc3ccccc3)ccnc2c1. The van der Waals surface area contributed by atoms with Crippen molar-refractivity contribution in [1.82, 2.24) is 15.2 Å². The topological polar surface area (TPSA) is 49.4 Å². The minimum absolute atomic E-state index is 0.440. The number of rotatable bonds is 12. The molecule has 0 fully saturated rings. The maximum absolute atomic E-state index is 5.77. The van der Waals surface area contributed by atoms with Gasteiger partial charge in [0.05, 0.1) is 12.2 Å². The molecule has 1 aromatic heterocycles. The van der Waals surface area contributed by atoms with Gasteiger partial charge in [-0.3, -0.25) is 15.2 Å². The van der Waals surface area contributed by atoms with E-state index in [1.807, 2.05) is 12.3 Å². The number of halogens is 1. The zero-order valence-electron chi connectivity index (χ0n) is 18.6. The van der Waals surface area contributed by atoms with Gasteiger partial charge in [0.2, 0.25) is 0 Å². The number of hydrogen-bond acceptors (Lipinski definition) is 5. The fourth-order valence-corrected chi connectivity index (χ4v) is 4.21. The van der Waals surface area contributed by atoms with E-state index >= 15 is 0 Å². The second-order valence-electron chi connectivity index (χ2n) is 7.87. The molecule has 6 heteroatoms. The number of nitrogens with zero attached hydrogens (tertiary/aromatic N) is 2. The minimum atomic E-state index is 0.440. The molecule has 0 atom stereocenters. The Morgan fingerprint density at radius 1 is 0.818 bits per heavy atom. The average molecular weight is 552 g/mol. The van der Waals surface area contributed by atoms with E-state index in [0.29, 0.717) is 13.5 Å². The van der Waals surface area contributed by atoms with Crippen LogP contribution in [0.25, 0.3) is 10.9 Å². The highest BCUT2D eigenvalue weighted by Gasteiger charge is 2.07. The molecule has 0 aliphatic rings. The molecule has 0 aliphatic carbocycles. The number of anilines is 1. The quantitative estimate of drug-likeness (QED) is 0.139. The van der Waals surface area contributed by atoms with Crippen LogP contribution in [-0.4, -0.2) is 36.4 Å². The third kappa shape index (κ3) is 7.50. The Labute approximate surface area is 209 Å². The summed E-state index contributed by atoms with van der Waals surface area (Å²) in [7, 11) is 0. The second-order valence-corrected chi connectivity index (χ2v) is 9.12. The molecule has 0 radical (unpaired) electrons. The van der Waals surface area contributed by atoms with Crippen LogP contribution >= 0.6 is 22.6 Å². The fourth-order valence-electron chi connectivity index (χ4n) is 3.73. The van der Waals surface area contributed by atoms with Crippen molar-refractivity contribution in [3.05, 3.63) is 106 Å². The lowest BCUT2D eigenvalue weighted by atomic mass is 10.1. The van der Waals surface area contributed by atoms with E-state index in [4.69, 9.17) is 4.74 Å². The van der Waals surface area contributed by atoms with Gasteiger partial charge in [0, 0.05) is 47.0 Å². The molecule has 0 spiro atoms. The van der Waals surface area contributed by atoms with Crippen molar-refractivity contribution in [2.45, 2.75) is 13.1 Å². The lowest BCUT2D eigenvalue weighted by molar-refractivity contribution is 0.128. The maximum atomic E-state index is 5.77. The third-order valence-corrected chi connectivity index (χ3v) is 6.05. The van der Waals surface area contributed by atoms with Gasteiger partial charge in [-0.1, -0.05) is 60.7 Å². The van der Waals surface area contributed by atoms with Gasteiger partial charge in [-0.2, -0.15) is 0 Å². The van der Waals surface area contributed by atoms with Crippen molar-refractivity contribution in [2.24, 2.45) is 0 Å². The maximum Gasteiger partial charge on any atom is 0.118 e. The fraction of sp³-hybridized carbons (Fsp3) is 0.222. The smallest absolute Gasteiger partial charge is 0.118 e. The lowest BCUT2D eigenvalue weighted by Gasteiger charge is -2.23. The molecule has 0 aliphatic heterocycles. The van der Waals surface area contributed by atoms with Crippen LogP contribution in [0.2, 0.25) is 0 Å². The predicted octanol–water partition coefficient (Wildman–Crippen LogP) is 5.47. The standard InChI is InChI=1S/C27H29IN4O/c28-24-11-12-25-26(13-14-30-27(25)17-24)31-21-33-20-29-15-16-32(18-22-7-3-1-4-8-22)19-23-9-5-2-6-10-23/h1-14,17,29H,15-16,18-21H2,(H,30,31). The first-order valence-electron chi connectivity index (χ1n) is 11.1. The van der Waals surface area contributed by atoms with E-state index in [9.17, 15) is 0 Å². The number of pyridine rings is 1.